The van der Waals surface area contributed by atoms with Gasteiger partial charge in [0.05, 0.1) is 18.2 Å². The third-order valence-electron chi connectivity index (χ3n) is 5.78. The molecule has 3 aromatic rings. The zero-order chi connectivity index (χ0) is 22.1. The van der Waals surface area contributed by atoms with E-state index in [-0.39, 0.29) is 18.6 Å². The smallest absolute Gasteiger partial charge is 0.410 e. The molecule has 0 fully saturated rings. The lowest BCUT2D eigenvalue weighted by Crippen LogP contribution is -2.38. The number of carbonyl (C=O) groups excluding carboxylic acids is 1. The number of carboxylic acids is 1. The molecule has 1 atom stereocenters. The molecule has 1 N–H and O–H groups in total. The molecule has 0 radical (unpaired) electrons. The maximum absolute atomic E-state index is 12.9. The number of imidazole rings is 1. The summed E-state index contributed by atoms with van der Waals surface area (Å²) >= 11 is 0. The molecule has 1 aromatic heterocycles. The highest BCUT2D eigenvalue weighted by molar-refractivity contribution is 5.81. The van der Waals surface area contributed by atoms with Crippen molar-refractivity contribution in [1.29, 1.82) is 0 Å². The van der Waals surface area contributed by atoms with Gasteiger partial charge in [-0.3, -0.25) is 4.90 Å². The monoisotopic (exact) mass is 419 g/mol. The summed E-state index contributed by atoms with van der Waals surface area (Å²) in [6, 6.07) is 15.0. The van der Waals surface area contributed by atoms with Crippen molar-refractivity contribution in [2.45, 2.75) is 31.8 Å². The minimum Gasteiger partial charge on any atom is -0.479 e. The predicted molar refractivity (Wildman–Crippen MR) is 116 cm³/mol. The third kappa shape index (κ3) is 3.67. The molecule has 0 saturated carbocycles. The van der Waals surface area contributed by atoms with Gasteiger partial charge in [-0.2, -0.15) is 0 Å². The first kappa shape index (κ1) is 20.7. The predicted octanol–water partition coefficient (Wildman–Crippen LogP) is 4.47. The number of carboxylic acid groups (broad SMARTS) is 1. The number of hydrogen-bond donors (Lipinski definition) is 1. The van der Waals surface area contributed by atoms with Crippen molar-refractivity contribution < 1.29 is 19.4 Å². The number of hydrogen-bond acceptors (Lipinski definition) is 4. The SMILES string of the molecule is CC(C)n1cncc1C(C(=O)O)N(C)C(=O)OCC1c2ccccc2-c2ccccc21. The van der Waals surface area contributed by atoms with E-state index in [1.54, 1.807) is 10.9 Å². The lowest BCUT2D eigenvalue weighted by molar-refractivity contribution is -0.142. The van der Waals surface area contributed by atoms with E-state index in [4.69, 9.17) is 4.74 Å². The van der Waals surface area contributed by atoms with Gasteiger partial charge in [0.25, 0.3) is 0 Å². The molecule has 1 unspecified atom stereocenters. The average Bonchev–Trinajstić information content (AvgIpc) is 3.35. The molecule has 7 heteroatoms. The zero-order valence-electron chi connectivity index (χ0n) is 17.7. The Bertz CT molecular complexity index is 1080. The lowest BCUT2D eigenvalue weighted by atomic mass is 9.98. The lowest BCUT2D eigenvalue weighted by Gasteiger charge is -2.26. The standard InChI is InChI=1S/C24H25N3O4/c1-15(2)27-14-25-12-21(27)22(23(28)29)26(3)24(30)31-13-20-18-10-6-4-8-16(18)17-9-5-7-11-19(17)20/h4-12,14-15,20,22H,13H2,1-3H3,(H,28,29). The van der Waals surface area contributed by atoms with E-state index >= 15 is 0 Å². The largest absolute Gasteiger partial charge is 0.479 e. The fraction of sp³-hybridized carbons (Fsp3) is 0.292. The molecule has 0 bridgehead atoms. The maximum atomic E-state index is 12.9. The Morgan fingerprint density at radius 2 is 1.68 bits per heavy atom. The van der Waals surface area contributed by atoms with Gasteiger partial charge in [-0.15, -0.1) is 0 Å². The van der Waals surface area contributed by atoms with Crippen LogP contribution in [-0.4, -0.2) is 45.3 Å². The van der Waals surface area contributed by atoms with Gasteiger partial charge >= 0.3 is 12.1 Å². The molecule has 7 nitrogen and oxygen atoms in total. The molecule has 1 aliphatic rings. The number of aromatic nitrogens is 2. The summed E-state index contributed by atoms with van der Waals surface area (Å²) in [6.45, 7) is 3.99. The summed E-state index contributed by atoms with van der Waals surface area (Å²) in [6.07, 6.45) is 2.36. The van der Waals surface area contributed by atoms with Gasteiger partial charge in [0, 0.05) is 19.0 Å². The molecule has 4 rings (SSSR count). The van der Waals surface area contributed by atoms with Gasteiger partial charge in [-0.05, 0) is 36.1 Å². The Labute approximate surface area is 180 Å². The highest BCUT2D eigenvalue weighted by atomic mass is 16.6. The van der Waals surface area contributed by atoms with Crippen LogP contribution in [0.4, 0.5) is 4.79 Å². The van der Waals surface area contributed by atoms with Crippen LogP contribution in [0.15, 0.2) is 61.1 Å². The molecule has 0 aliphatic heterocycles. The molecule has 1 amide bonds. The quantitative estimate of drug-likeness (QED) is 0.637. The van der Waals surface area contributed by atoms with Crippen LogP contribution in [0.2, 0.25) is 0 Å². The number of aliphatic carboxylic acids is 1. The first-order valence-corrected chi connectivity index (χ1v) is 10.2. The Kier molecular flexibility index (Phi) is 5.50. The Hall–Kier alpha value is -3.61. The molecule has 0 spiro atoms. The number of ether oxygens (including phenoxy) is 1. The first-order chi connectivity index (χ1) is 14.9. The van der Waals surface area contributed by atoms with Gasteiger partial charge in [0.1, 0.15) is 6.61 Å². The van der Waals surface area contributed by atoms with Crippen LogP contribution < -0.4 is 0 Å². The maximum Gasteiger partial charge on any atom is 0.410 e. The fourth-order valence-corrected chi connectivity index (χ4v) is 4.25. The minimum atomic E-state index is -1.19. The molecular weight excluding hydrogens is 394 g/mol. The van der Waals surface area contributed by atoms with E-state index in [1.807, 2.05) is 50.2 Å². The summed E-state index contributed by atoms with van der Waals surface area (Å²) < 4.78 is 7.37. The number of amides is 1. The highest BCUT2D eigenvalue weighted by Crippen LogP contribution is 2.44. The van der Waals surface area contributed by atoms with Crippen molar-refractivity contribution in [2.75, 3.05) is 13.7 Å². The Morgan fingerprint density at radius 1 is 1.10 bits per heavy atom. The summed E-state index contributed by atoms with van der Waals surface area (Å²) in [4.78, 5) is 30.1. The minimum absolute atomic E-state index is 0.00950. The van der Waals surface area contributed by atoms with Gasteiger partial charge in [0.2, 0.25) is 0 Å². The van der Waals surface area contributed by atoms with E-state index in [0.717, 1.165) is 27.2 Å². The van der Waals surface area contributed by atoms with Crippen molar-refractivity contribution in [3.05, 3.63) is 77.9 Å². The van der Waals surface area contributed by atoms with Gasteiger partial charge in [0.15, 0.2) is 6.04 Å². The average molecular weight is 419 g/mol. The van der Waals surface area contributed by atoms with Crippen molar-refractivity contribution in [3.8, 4) is 11.1 Å². The molecule has 160 valence electrons. The van der Waals surface area contributed by atoms with Crippen molar-refractivity contribution in [1.82, 2.24) is 14.5 Å². The van der Waals surface area contributed by atoms with Crippen molar-refractivity contribution >= 4 is 12.1 Å². The second kappa shape index (κ2) is 8.26. The van der Waals surface area contributed by atoms with Crippen LogP contribution in [0.1, 0.15) is 48.7 Å². The molecule has 1 aliphatic carbocycles. The summed E-state index contributed by atoms with van der Waals surface area (Å²) in [5.74, 6) is -1.23. The number of rotatable bonds is 6. The second-order valence-electron chi connectivity index (χ2n) is 7.98. The number of fused-ring (bicyclic) bond motifs is 3. The number of likely N-dealkylation sites (N-methyl/N-ethyl adjacent to an activating group) is 1. The van der Waals surface area contributed by atoms with Gasteiger partial charge in [-0.1, -0.05) is 48.5 Å². The Morgan fingerprint density at radius 3 is 2.23 bits per heavy atom. The normalized spacial score (nSPS) is 13.5. The van der Waals surface area contributed by atoms with E-state index < -0.39 is 18.1 Å². The third-order valence-corrected chi connectivity index (χ3v) is 5.78. The van der Waals surface area contributed by atoms with E-state index in [1.165, 1.54) is 13.2 Å². The summed E-state index contributed by atoms with van der Waals surface area (Å²) in [7, 11) is 1.44. The van der Waals surface area contributed by atoms with Crippen LogP contribution >= 0.6 is 0 Å². The summed E-state index contributed by atoms with van der Waals surface area (Å²) in [5, 5.41) is 9.82. The first-order valence-electron chi connectivity index (χ1n) is 10.2. The van der Waals surface area contributed by atoms with Gasteiger partial charge in [-0.25, -0.2) is 14.6 Å². The number of nitrogens with zero attached hydrogens (tertiary/aromatic N) is 3. The highest BCUT2D eigenvalue weighted by Gasteiger charge is 2.34. The fourth-order valence-electron chi connectivity index (χ4n) is 4.25. The van der Waals surface area contributed by atoms with E-state index in [0.29, 0.717) is 5.69 Å². The molecule has 2 aromatic carbocycles. The van der Waals surface area contributed by atoms with Crippen LogP contribution in [-0.2, 0) is 9.53 Å². The van der Waals surface area contributed by atoms with E-state index in [2.05, 4.69) is 17.1 Å². The number of carbonyl (C=O) groups is 2. The zero-order valence-corrected chi connectivity index (χ0v) is 17.7. The van der Waals surface area contributed by atoms with Crippen LogP contribution in [0.25, 0.3) is 11.1 Å². The van der Waals surface area contributed by atoms with Crippen molar-refractivity contribution in [2.24, 2.45) is 0 Å². The number of benzene rings is 2. The van der Waals surface area contributed by atoms with Crippen LogP contribution in [0.5, 0.6) is 0 Å². The van der Waals surface area contributed by atoms with Crippen LogP contribution in [0, 0.1) is 0 Å². The second-order valence-corrected chi connectivity index (χ2v) is 7.98. The van der Waals surface area contributed by atoms with Crippen LogP contribution in [0.3, 0.4) is 0 Å². The van der Waals surface area contributed by atoms with Crippen molar-refractivity contribution in [3.63, 3.8) is 0 Å². The topological polar surface area (TPSA) is 84.7 Å². The van der Waals surface area contributed by atoms with Gasteiger partial charge < -0.3 is 14.4 Å². The molecule has 1 heterocycles. The van der Waals surface area contributed by atoms with E-state index in [9.17, 15) is 14.7 Å². The molecule has 31 heavy (non-hydrogen) atoms. The molecule has 0 saturated heterocycles. The summed E-state index contributed by atoms with van der Waals surface area (Å²) in [5.41, 5.74) is 4.91. The molecular formula is C24H25N3O4. The Balaban J connectivity index is 1.54.